The van der Waals surface area contributed by atoms with Crippen LogP contribution in [0.25, 0.3) is 11.1 Å². The molecule has 3 N–H and O–H groups in total. The van der Waals surface area contributed by atoms with E-state index >= 15 is 0 Å². The minimum atomic E-state index is -0.252. The summed E-state index contributed by atoms with van der Waals surface area (Å²) in [6.45, 7) is 6.45. The molecule has 4 heteroatoms. The molecule has 0 spiro atoms. The summed E-state index contributed by atoms with van der Waals surface area (Å²) in [5.41, 5.74) is 8.79. The summed E-state index contributed by atoms with van der Waals surface area (Å²) in [6.07, 6.45) is 0.837. The van der Waals surface area contributed by atoms with Crippen LogP contribution in [-0.2, 0) is 6.42 Å². The summed E-state index contributed by atoms with van der Waals surface area (Å²) in [6, 6.07) is 6.32. The molecule has 0 radical (unpaired) electrons. The molecule has 0 unspecified atom stereocenters. The molecule has 2 rings (SSSR count). The zero-order chi connectivity index (χ0) is 13.3. The minimum absolute atomic E-state index is 0.133. The molecule has 1 aromatic carbocycles. The molecule has 0 bridgehead atoms. The Balaban J connectivity index is 2.43. The quantitative estimate of drug-likeness (QED) is 0.854. The summed E-state index contributed by atoms with van der Waals surface area (Å²) in [5.74, 6) is 0.207. The Bertz CT molecular complexity index is 535. The molecule has 1 heterocycles. The Morgan fingerprint density at radius 2 is 1.83 bits per heavy atom. The average molecular weight is 247 g/mol. The van der Waals surface area contributed by atoms with Crippen LogP contribution in [0.5, 0.6) is 0 Å². The van der Waals surface area contributed by atoms with Gasteiger partial charge >= 0.3 is 0 Å². The number of nitrogens with two attached hydrogens (primary N) is 1. The van der Waals surface area contributed by atoms with Crippen LogP contribution < -0.4 is 5.73 Å². The maximum Gasteiger partial charge on any atom is 0.153 e. The van der Waals surface area contributed by atoms with Crippen LogP contribution in [0.3, 0.4) is 0 Å². The summed E-state index contributed by atoms with van der Waals surface area (Å²) < 4.78 is 12.9. The Hall–Kier alpha value is -1.84. The van der Waals surface area contributed by atoms with Crippen molar-refractivity contribution in [2.75, 3.05) is 5.73 Å². The maximum absolute atomic E-state index is 12.9. The zero-order valence-corrected chi connectivity index (χ0v) is 10.9. The lowest BCUT2D eigenvalue weighted by Crippen LogP contribution is -2.10. The van der Waals surface area contributed by atoms with Gasteiger partial charge in [0, 0.05) is 11.3 Å². The van der Waals surface area contributed by atoms with Crippen LogP contribution >= 0.6 is 0 Å². The number of hydrogen-bond acceptors (Lipinski definition) is 2. The second kappa shape index (κ2) is 4.44. The summed E-state index contributed by atoms with van der Waals surface area (Å²) in [5, 5.41) is 7.03. The number of aromatic nitrogens is 2. The van der Waals surface area contributed by atoms with Gasteiger partial charge in [0.1, 0.15) is 5.82 Å². The highest BCUT2D eigenvalue weighted by atomic mass is 19.1. The van der Waals surface area contributed by atoms with Crippen molar-refractivity contribution in [1.82, 2.24) is 10.2 Å². The maximum atomic E-state index is 12.9. The zero-order valence-electron chi connectivity index (χ0n) is 10.9. The highest BCUT2D eigenvalue weighted by Gasteiger charge is 2.19. The Kier molecular flexibility index (Phi) is 3.11. The molecule has 3 nitrogen and oxygen atoms in total. The lowest BCUT2D eigenvalue weighted by molar-refractivity contribution is 0.406. The Morgan fingerprint density at radius 3 is 2.39 bits per heavy atom. The largest absolute Gasteiger partial charge is 0.382 e. The van der Waals surface area contributed by atoms with Crippen molar-refractivity contribution < 1.29 is 4.39 Å². The third-order valence-electron chi connectivity index (χ3n) is 2.71. The molecular weight excluding hydrogens is 229 g/mol. The van der Waals surface area contributed by atoms with Crippen molar-refractivity contribution in [3.63, 3.8) is 0 Å². The van der Waals surface area contributed by atoms with Crippen molar-refractivity contribution in [3.8, 4) is 11.1 Å². The fourth-order valence-corrected chi connectivity index (χ4v) is 1.99. The lowest BCUT2D eigenvalue weighted by atomic mass is 9.88. The second-order valence-electron chi connectivity index (χ2n) is 5.71. The monoisotopic (exact) mass is 247 g/mol. The summed E-state index contributed by atoms with van der Waals surface area (Å²) >= 11 is 0. The van der Waals surface area contributed by atoms with E-state index in [-0.39, 0.29) is 11.2 Å². The van der Waals surface area contributed by atoms with Crippen LogP contribution in [0.2, 0.25) is 0 Å². The highest BCUT2D eigenvalue weighted by molar-refractivity contribution is 5.76. The first-order valence-corrected chi connectivity index (χ1v) is 5.95. The lowest BCUT2D eigenvalue weighted by Gasteiger charge is -2.17. The van der Waals surface area contributed by atoms with Gasteiger partial charge in [0.2, 0.25) is 0 Å². The first-order chi connectivity index (χ1) is 8.37. The van der Waals surface area contributed by atoms with E-state index in [1.165, 1.54) is 12.1 Å². The van der Waals surface area contributed by atoms with Gasteiger partial charge in [-0.25, -0.2) is 4.39 Å². The van der Waals surface area contributed by atoms with E-state index in [9.17, 15) is 4.39 Å². The van der Waals surface area contributed by atoms with Gasteiger partial charge in [-0.1, -0.05) is 32.9 Å². The molecule has 0 atom stereocenters. The van der Waals surface area contributed by atoms with E-state index in [0.717, 1.165) is 23.2 Å². The van der Waals surface area contributed by atoms with Gasteiger partial charge in [-0.2, -0.15) is 5.10 Å². The number of hydrogen-bond donors (Lipinski definition) is 2. The summed E-state index contributed by atoms with van der Waals surface area (Å²) in [4.78, 5) is 0. The fraction of sp³-hybridized carbons (Fsp3) is 0.357. The summed E-state index contributed by atoms with van der Waals surface area (Å²) in [7, 11) is 0. The van der Waals surface area contributed by atoms with Crippen LogP contribution in [0, 0.1) is 11.2 Å². The van der Waals surface area contributed by atoms with Gasteiger partial charge in [0.05, 0.1) is 0 Å². The van der Waals surface area contributed by atoms with Gasteiger partial charge in [0.15, 0.2) is 5.82 Å². The number of aromatic amines is 1. The van der Waals surface area contributed by atoms with Crippen LogP contribution in [-0.4, -0.2) is 10.2 Å². The molecule has 0 fully saturated rings. The van der Waals surface area contributed by atoms with Crippen molar-refractivity contribution in [3.05, 3.63) is 35.8 Å². The molecule has 96 valence electrons. The van der Waals surface area contributed by atoms with Crippen molar-refractivity contribution in [2.45, 2.75) is 27.2 Å². The number of halogens is 1. The topological polar surface area (TPSA) is 54.7 Å². The van der Waals surface area contributed by atoms with Crippen molar-refractivity contribution in [2.24, 2.45) is 5.41 Å². The molecular formula is C14H18FN3. The van der Waals surface area contributed by atoms with Gasteiger partial charge in [-0.3, -0.25) is 5.10 Å². The minimum Gasteiger partial charge on any atom is -0.382 e. The van der Waals surface area contributed by atoms with E-state index < -0.39 is 0 Å². The molecule has 0 saturated heterocycles. The van der Waals surface area contributed by atoms with Gasteiger partial charge in [-0.15, -0.1) is 0 Å². The first-order valence-electron chi connectivity index (χ1n) is 5.95. The van der Waals surface area contributed by atoms with E-state index in [4.69, 9.17) is 5.73 Å². The molecule has 0 aliphatic heterocycles. The highest BCUT2D eigenvalue weighted by Crippen LogP contribution is 2.32. The molecule has 0 saturated carbocycles. The van der Waals surface area contributed by atoms with Crippen LogP contribution in [0.15, 0.2) is 24.3 Å². The number of anilines is 1. The number of H-pyrrole nitrogens is 1. The fourth-order valence-electron chi connectivity index (χ4n) is 1.99. The van der Waals surface area contributed by atoms with E-state index in [2.05, 4.69) is 31.0 Å². The normalized spacial score (nSPS) is 11.8. The molecule has 18 heavy (non-hydrogen) atoms. The Morgan fingerprint density at radius 1 is 1.22 bits per heavy atom. The third kappa shape index (κ3) is 2.70. The molecule has 0 aliphatic carbocycles. The predicted octanol–water partition coefficient (Wildman–Crippen LogP) is 3.39. The first kappa shape index (κ1) is 12.6. The number of nitrogens with zero attached hydrogens (tertiary/aromatic N) is 1. The predicted molar refractivity (Wildman–Crippen MR) is 71.6 cm³/mol. The van der Waals surface area contributed by atoms with Gasteiger partial charge in [0.25, 0.3) is 0 Å². The molecule has 0 amide bonds. The average Bonchev–Trinajstić information content (AvgIpc) is 2.59. The molecule has 0 aliphatic rings. The number of nitrogen functional groups attached to an aromatic ring is 1. The molecule has 1 aromatic heterocycles. The van der Waals surface area contributed by atoms with E-state index in [1.807, 2.05) is 0 Å². The van der Waals surface area contributed by atoms with Crippen molar-refractivity contribution in [1.29, 1.82) is 0 Å². The number of nitrogens with one attached hydrogen (secondary N) is 1. The van der Waals surface area contributed by atoms with Gasteiger partial charge in [-0.05, 0) is 29.5 Å². The number of benzene rings is 1. The van der Waals surface area contributed by atoms with E-state index in [1.54, 1.807) is 12.1 Å². The Labute approximate surface area is 106 Å². The SMILES string of the molecule is CC(C)(C)Cc1[nH]nc(N)c1-c1ccc(F)cc1. The van der Waals surface area contributed by atoms with Crippen LogP contribution in [0.1, 0.15) is 26.5 Å². The van der Waals surface area contributed by atoms with E-state index in [0.29, 0.717) is 5.82 Å². The third-order valence-corrected chi connectivity index (χ3v) is 2.71. The van der Waals surface area contributed by atoms with Crippen LogP contribution in [0.4, 0.5) is 10.2 Å². The van der Waals surface area contributed by atoms with Crippen molar-refractivity contribution >= 4 is 5.82 Å². The smallest absolute Gasteiger partial charge is 0.153 e. The number of rotatable bonds is 2. The standard InChI is InChI=1S/C14H18FN3/c1-14(2,3)8-11-12(13(16)18-17-11)9-4-6-10(15)7-5-9/h4-7H,8H2,1-3H3,(H3,16,17,18). The second-order valence-corrected chi connectivity index (χ2v) is 5.71. The van der Waals surface area contributed by atoms with Gasteiger partial charge < -0.3 is 5.73 Å². The molecule has 2 aromatic rings.